The van der Waals surface area contributed by atoms with Gasteiger partial charge in [-0.3, -0.25) is 0 Å². The normalized spacial score (nSPS) is 16.3. The monoisotopic (exact) mass is 1000 g/mol. The third-order valence-electron chi connectivity index (χ3n) is 13.6. The summed E-state index contributed by atoms with van der Waals surface area (Å²) in [5.41, 5.74) is 9.09. The van der Waals surface area contributed by atoms with E-state index >= 15 is 0 Å². The smallest absolute Gasteiger partial charge is 0.142 e. The molecule has 0 aromatic heterocycles. The molecule has 8 aromatic carbocycles. The van der Waals surface area contributed by atoms with Crippen molar-refractivity contribution < 1.29 is 42.6 Å². The minimum atomic E-state index is -0.0836. The first-order chi connectivity index (χ1) is 36.6. The van der Waals surface area contributed by atoms with Crippen LogP contribution in [0.25, 0.3) is 45.2 Å². The van der Waals surface area contributed by atoms with Gasteiger partial charge in [0.1, 0.15) is 65.0 Å². The van der Waals surface area contributed by atoms with E-state index in [0.717, 1.165) is 81.0 Å². The van der Waals surface area contributed by atoms with Gasteiger partial charge in [0, 0.05) is 16.5 Å². The lowest BCUT2D eigenvalue weighted by Crippen LogP contribution is -2.26. The Balaban J connectivity index is 1.09. The van der Waals surface area contributed by atoms with Gasteiger partial charge >= 0.3 is 0 Å². The molecule has 6 heterocycles. The zero-order chi connectivity index (χ0) is 51.6. The average molecular weight is 1000 g/mol. The SMILES string of the molecule is COc1cc2c3c(c4c(c2cc1-c1ccccc1)-c1ccccc1CC(C)(C)CC(C)(C)C4)C=Cc1ccc(cc1)Oc1ccc(cc1)OCCOCCOCCOCCOc1ccc(cc1)Oc1ccc(cc1)O3. The predicted molar refractivity (Wildman–Crippen MR) is 299 cm³/mol. The zero-order valence-electron chi connectivity index (χ0n) is 43.7. The highest BCUT2D eigenvalue weighted by atomic mass is 16.6. The molecule has 8 bridgehead atoms. The van der Waals surface area contributed by atoms with Crippen molar-refractivity contribution in [3.63, 3.8) is 0 Å². The van der Waals surface area contributed by atoms with Gasteiger partial charge in [-0.05, 0) is 166 Å². The number of hydrogen-bond acceptors (Lipinski definition) is 9. The summed E-state index contributed by atoms with van der Waals surface area (Å²) in [4.78, 5) is 0. The van der Waals surface area contributed by atoms with Gasteiger partial charge in [-0.1, -0.05) is 107 Å². The topological polar surface area (TPSA) is 83.1 Å². The summed E-state index contributed by atoms with van der Waals surface area (Å²) in [6.07, 6.45) is 7.20. The maximum Gasteiger partial charge on any atom is 0.142 e. The van der Waals surface area contributed by atoms with Crippen LogP contribution in [0.2, 0.25) is 0 Å². The summed E-state index contributed by atoms with van der Waals surface area (Å²) >= 11 is 0. The van der Waals surface area contributed by atoms with Crippen molar-refractivity contribution >= 4 is 22.9 Å². The molecule has 0 atom stereocenters. The highest BCUT2D eigenvalue weighted by molar-refractivity contribution is 6.08. The standard InChI is InChI=1S/C66H66O9/c1-65(2)43-48-13-9-10-14-56(48)63-59-41-58(47-11-7-6-8-12-47)62(67-5)42-60(59)64-57(61(63)44-66(3,4)45-65)32-17-46-15-18-51(19-16-46)73-52-24-20-49(21-25-52)71-39-37-69-35-33-68-34-36-70-38-40-72-50-22-26-53(27-23-50)74-54-28-30-55(75-64)31-29-54/h6-32,41-42H,33-40,43-45H2,1-5H3. The Kier molecular flexibility index (Phi) is 15.8. The number of ether oxygens (including phenoxy) is 9. The summed E-state index contributed by atoms with van der Waals surface area (Å²) in [5.74, 6) is 6.44. The Morgan fingerprint density at radius 1 is 0.427 bits per heavy atom. The fraction of sp³-hybridized carbons (Fsp3) is 0.273. The highest BCUT2D eigenvalue weighted by Crippen LogP contribution is 2.52. The molecule has 0 amide bonds. The molecule has 0 saturated heterocycles. The van der Waals surface area contributed by atoms with Crippen LogP contribution < -0.4 is 28.4 Å². The maximum atomic E-state index is 7.31. The molecule has 7 aliphatic rings. The molecule has 0 radical (unpaired) electrons. The van der Waals surface area contributed by atoms with Crippen LogP contribution in [0.4, 0.5) is 0 Å². The molecule has 8 aromatic rings. The van der Waals surface area contributed by atoms with Crippen LogP contribution in [0.1, 0.15) is 56.4 Å². The fourth-order valence-corrected chi connectivity index (χ4v) is 10.7. The molecule has 0 spiro atoms. The van der Waals surface area contributed by atoms with Gasteiger partial charge in [0.25, 0.3) is 0 Å². The molecule has 0 fully saturated rings. The first-order valence-corrected chi connectivity index (χ1v) is 26.0. The van der Waals surface area contributed by atoms with Gasteiger partial charge in [0.05, 0.1) is 46.8 Å². The van der Waals surface area contributed by atoms with Crippen molar-refractivity contribution in [3.05, 3.63) is 186 Å². The van der Waals surface area contributed by atoms with Crippen LogP contribution in [-0.4, -0.2) is 60.0 Å². The van der Waals surface area contributed by atoms with Crippen LogP contribution >= 0.6 is 0 Å². The lowest BCUT2D eigenvalue weighted by atomic mass is 9.70. The predicted octanol–water partition coefficient (Wildman–Crippen LogP) is 16.1. The van der Waals surface area contributed by atoms with E-state index in [0.29, 0.717) is 75.9 Å². The van der Waals surface area contributed by atoms with E-state index in [2.05, 4.69) is 119 Å². The van der Waals surface area contributed by atoms with E-state index in [1.165, 1.54) is 22.3 Å². The Bertz CT molecular complexity index is 3200. The number of methoxy groups -OCH3 is 1. The van der Waals surface area contributed by atoms with Crippen molar-refractivity contribution in [3.8, 4) is 74.0 Å². The Morgan fingerprint density at radius 2 is 0.907 bits per heavy atom. The summed E-state index contributed by atoms with van der Waals surface area (Å²) in [6, 6.07) is 55.2. The molecule has 9 heteroatoms. The first-order valence-electron chi connectivity index (χ1n) is 26.0. The van der Waals surface area contributed by atoms with Gasteiger partial charge in [0.2, 0.25) is 0 Å². The molecule has 15 rings (SSSR count). The Morgan fingerprint density at radius 3 is 1.47 bits per heavy atom. The Labute approximate surface area is 441 Å². The average Bonchev–Trinajstić information content (AvgIpc) is 3.44. The molecule has 384 valence electrons. The number of fused-ring (bicyclic) bond motifs is 7. The van der Waals surface area contributed by atoms with Crippen molar-refractivity contribution in [2.24, 2.45) is 10.8 Å². The van der Waals surface area contributed by atoms with Crippen LogP contribution in [0.5, 0.6) is 51.7 Å². The van der Waals surface area contributed by atoms with E-state index in [9.17, 15) is 0 Å². The van der Waals surface area contributed by atoms with Crippen molar-refractivity contribution in [2.45, 2.75) is 47.0 Å². The van der Waals surface area contributed by atoms with Crippen LogP contribution in [0.15, 0.2) is 164 Å². The minimum Gasteiger partial charge on any atom is -0.496 e. The lowest BCUT2D eigenvalue weighted by Gasteiger charge is -2.35. The number of benzene rings is 8. The van der Waals surface area contributed by atoms with E-state index in [1.807, 2.05) is 84.9 Å². The quantitative estimate of drug-likeness (QED) is 0.168. The van der Waals surface area contributed by atoms with Crippen molar-refractivity contribution in [2.75, 3.05) is 60.0 Å². The molecule has 0 unspecified atom stereocenters. The van der Waals surface area contributed by atoms with Gasteiger partial charge in [-0.25, -0.2) is 0 Å². The fourth-order valence-electron chi connectivity index (χ4n) is 10.7. The maximum absolute atomic E-state index is 7.31. The Hall–Kier alpha value is -7.56. The van der Waals surface area contributed by atoms with Crippen molar-refractivity contribution in [1.82, 2.24) is 0 Å². The van der Waals surface area contributed by atoms with Crippen LogP contribution in [0, 0.1) is 10.8 Å². The molecule has 6 aliphatic heterocycles. The van der Waals surface area contributed by atoms with E-state index in [1.54, 1.807) is 7.11 Å². The molecule has 1 aliphatic carbocycles. The van der Waals surface area contributed by atoms with Gasteiger partial charge in [-0.15, -0.1) is 0 Å². The summed E-state index contributed by atoms with van der Waals surface area (Å²) in [6.45, 7) is 13.3. The van der Waals surface area contributed by atoms with E-state index in [-0.39, 0.29) is 10.8 Å². The molecule has 75 heavy (non-hydrogen) atoms. The third kappa shape index (κ3) is 12.9. The van der Waals surface area contributed by atoms with Gasteiger partial charge in [-0.2, -0.15) is 0 Å². The highest BCUT2D eigenvalue weighted by Gasteiger charge is 2.35. The molecule has 9 nitrogen and oxygen atoms in total. The first kappa shape index (κ1) is 50.9. The van der Waals surface area contributed by atoms with Gasteiger partial charge in [0.15, 0.2) is 0 Å². The number of rotatable bonds is 2. The van der Waals surface area contributed by atoms with E-state index < -0.39 is 0 Å². The third-order valence-corrected chi connectivity index (χ3v) is 13.6. The van der Waals surface area contributed by atoms with Crippen LogP contribution in [-0.2, 0) is 27.1 Å². The lowest BCUT2D eigenvalue weighted by molar-refractivity contribution is 0.00499. The zero-order valence-corrected chi connectivity index (χ0v) is 43.7. The molecular weight excluding hydrogens is 937 g/mol. The number of hydrogen-bond donors (Lipinski definition) is 0. The van der Waals surface area contributed by atoms with Crippen LogP contribution in [0.3, 0.4) is 0 Å². The minimum absolute atomic E-state index is 0.0375. The second kappa shape index (κ2) is 23.3. The summed E-state index contributed by atoms with van der Waals surface area (Å²) in [5, 5.41) is 2.05. The van der Waals surface area contributed by atoms with Gasteiger partial charge < -0.3 is 42.6 Å². The largest absolute Gasteiger partial charge is 0.496 e. The summed E-state index contributed by atoms with van der Waals surface area (Å²) < 4.78 is 55.2. The summed E-state index contributed by atoms with van der Waals surface area (Å²) in [7, 11) is 1.75. The molecular formula is C66H66O9. The van der Waals surface area contributed by atoms with E-state index in [4.69, 9.17) is 42.6 Å². The van der Waals surface area contributed by atoms with Crippen molar-refractivity contribution in [1.29, 1.82) is 0 Å². The second-order valence-corrected chi connectivity index (χ2v) is 20.7. The second-order valence-electron chi connectivity index (χ2n) is 20.7. The molecule has 0 N–H and O–H groups in total. The molecule has 0 saturated carbocycles.